The van der Waals surface area contributed by atoms with Crippen molar-refractivity contribution in [2.75, 3.05) is 57.2 Å². The summed E-state index contributed by atoms with van der Waals surface area (Å²) in [5.74, 6) is 1.45. The highest BCUT2D eigenvalue weighted by atomic mass is 16.5. The van der Waals surface area contributed by atoms with Gasteiger partial charge < -0.3 is 24.4 Å². The average molecular weight is 556 g/mol. The number of aryl methyl sites for hydroxylation is 1. The summed E-state index contributed by atoms with van der Waals surface area (Å²) in [5.41, 5.74) is 1.64. The van der Waals surface area contributed by atoms with Crippen LogP contribution in [0, 0.1) is 6.92 Å². The molecule has 14 nitrogen and oxygen atoms in total. The van der Waals surface area contributed by atoms with E-state index in [0.29, 0.717) is 66.4 Å². The number of piperazine rings is 1. The maximum absolute atomic E-state index is 13.5. The second-order valence-electron chi connectivity index (χ2n) is 9.80. The predicted molar refractivity (Wildman–Crippen MR) is 151 cm³/mol. The fraction of sp³-hybridized carbons (Fsp3) is 0.296. The number of ketones is 1. The van der Waals surface area contributed by atoms with E-state index in [-0.39, 0.29) is 5.56 Å². The molecule has 1 aliphatic heterocycles. The minimum atomic E-state index is -0.628. The van der Waals surface area contributed by atoms with Crippen LogP contribution in [0.15, 0.2) is 49.1 Å². The summed E-state index contributed by atoms with van der Waals surface area (Å²) in [5, 5.41) is 9.53. The quantitative estimate of drug-likeness (QED) is 0.233. The highest BCUT2D eigenvalue weighted by molar-refractivity contribution is 6.45. The molecule has 5 heterocycles. The Hall–Kier alpha value is -5.27. The van der Waals surface area contributed by atoms with Crippen molar-refractivity contribution in [1.82, 2.24) is 44.4 Å². The molecule has 0 spiro atoms. The first-order valence-corrected chi connectivity index (χ1v) is 13.1. The molecule has 41 heavy (non-hydrogen) atoms. The van der Waals surface area contributed by atoms with E-state index in [1.54, 1.807) is 16.5 Å². The number of methoxy groups -OCH3 is 1. The van der Waals surface area contributed by atoms with Gasteiger partial charge in [-0.15, -0.1) is 5.10 Å². The first-order chi connectivity index (χ1) is 19.9. The molecule has 0 radical (unpaired) electrons. The predicted octanol–water partition coefficient (Wildman–Crippen LogP) is 1.64. The number of nitrogens with one attached hydrogen (secondary N) is 1. The summed E-state index contributed by atoms with van der Waals surface area (Å²) in [6.45, 7) is 3.45. The molecule has 1 saturated heterocycles. The molecular formula is C27H29N11O3. The molecule has 5 aromatic rings. The first kappa shape index (κ1) is 26.0. The highest BCUT2D eigenvalue weighted by Gasteiger charge is 2.31. The van der Waals surface area contributed by atoms with Gasteiger partial charge in [-0.3, -0.25) is 9.59 Å². The number of carbonyl (C=O) groups is 2. The summed E-state index contributed by atoms with van der Waals surface area (Å²) >= 11 is 0. The Labute approximate surface area is 235 Å². The van der Waals surface area contributed by atoms with Crippen molar-refractivity contribution < 1.29 is 14.3 Å². The number of hydrogen-bond donors (Lipinski definition) is 1. The fourth-order valence-corrected chi connectivity index (χ4v) is 4.89. The summed E-state index contributed by atoms with van der Waals surface area (Å²) in [4.78, 5) is 48.8. The van der Waals surface area contributed by atoms with Crippen LogP contribution in [0.4, 0.5) is 11.9 Å². The SMILES string of the molecule is COc1cnc(-n2cnc(C)n2)c2[nH]cc(C(=O)C(=O)N3CCN(c4nc(N(C)C)n(-c5ccccc5)n4)CC3)c12. The van der Waals surface area contributed by atoms with Crippen LogP contribution in [-0.2, 0) is 4.79 Å². The van der Waals surface area contributed by atoms with Crippen LogP contribution in [0.3, 0.4) is 0 Å². The van der Waals surface area contributed by atoms with Crippen LogP contribution in [0.5, 0.6) is 5.75 Å². The van der Waals surface area contributed by atoms with Crippen LogP contribution in [0.25, 0.3) is 22.4 Å². The number of anilines is 2. The van der Waals surface area contributed by atoms with Crippen molar-refractivity contribution in [1.29, 1.82) is 0 Å². The van der Waals surface area contributed by atoms with E-state index >= 15 is 0 Å². The molecule has 1 aromatic carbocycles. The van der Waals surface area contributed by atoms with Gasteiger partial charge in [0, 0.05) is 46.5 Å². The molecule has 6 rings (SSSR count). The maximum Gasteiger partial charge on any atom is 0.295 e. The number of Topliss-reactive ketones (excluding diaryl/α,β-unsaturated/α-hetero) is 1. The number of benzene rings is 1. The van der Waals surface area contributed by atoms with Gasteiger partial charge in [-0.2, -0.15) is 14.8 Å². The molecule has 0 bridgehead atoms. The van der Waals surface area contributed by atoms with Crippen molar-refractivity contribution in [3.8, 4) is 17.3 Å². The smallest absolute Gasteiger partial charge is 0.295 e. The Kier molecular flexibility index (Phi) is 6.57. The number of carbonyl (C=O) groups excluding carboxylic acids is 2. The number of rotatable bonds is 7. The van der Waals surface area contributed by atoms with Gasteiger partial charge in [-0.25, -0.2) is 14.6 Å². The van der Waals surface area contributed by atoms with Crippen molar-refractivity contribution >= 4 is 34.5 Å². The Morgan fingerprint density at radius 2 is 1.78 bits per heavy atom. The molecule has 1 amide bonds. The number of amides is 1. The maximum atomic E-state index is 13.5. The van der Waals surface area contributed by atoms with Gasteiger partial charge in [0.05, 0.1) is 35.5 Å². The summed E-state index contributed by atoms with van der Waals surface area (Å²) < 4.78 is 8.80. The number of para-hydroxylation sites is 1. The Balaban J connectivity index is 1.21. The second kappa shape index (κ2) is 10.4. The number of H-pyrrole nitrogens is 1. The zero-order chi connectivity index (χ0) is 28.7. The molecule has 0 atom stereocenters. The molecule has 14 heteroatoms. The van der Waals surface area contributed by atoms with Crippen LogP contribution >= 0.6 is 0 Å². The number of hydrogen-bond acceptors (Lipinski definition) is 10. The number of nitrogens with zero attached hydrogens (tertiary/aromatic N) is 10. The van der Waals surface area contributed by atoms with E-state index in [0.717, 1.165) is 5.69 Å². The van der Waals surface area contributed by atoms with E-state index in [2.05, 4.69) is 20.1 Å². The van der Waals surface area contributed by atoms with Gasteiger partial charge in [0.25, 0.3) is 11.7 Å². The van der Waals surface area contributed by atoms with Crippen molar-refractivity contribution in [2.45, 2.75) is 6.92 Å². The number of pyridine rings is 1. The minimum absolute atomic E-state index is 0.212. The second-order valence-corrected chi connectivity index (χ2v) is 9.80. The van der Waals surface area contributed by atoms with Crippen molar-refractivity contribution in [3.63, 3.8) is 0 Å². The number of fused-ring (bicyclic) bond motifs is 1. The van der Waals surface area contributed by atoms with Crippen LogP contribution in [-0.4, -0.2) is 103 Å². The Morgan fingerprint density at radius 1 is 1.02 bits per heavy atom. The van der Waals surface area contributed by atoms with Gasteiger partial charge in [-0.1, -0.05) is 18.2 Å². The molecule has 0 saturated carbocycles. The number of aromatic nitrogens is 8. The van der Waals surface area contributed by atoms with Gasteiger partial charge in [0.2, 0.25) is 11.9 Å². The molecule has 0 unspecified atom stereocenters. The summed E-state index contributed by atoms with van der Waals surface area (Å²) in [6.07, 6.45) is 4.56. The van der Waals surface area contributed by atoms with Crippen molar-refractivity contribution in [2.24, 2.45) is 0 Å². The molecule has 0 aliphatic carbocycles. The van der Waals surface area contributed by atoms with Crippen LogP contribution < -0.4 is 14.5 Å². The minimum Gasteiger partial charge on any atom is -0.494 e. The summed E-state index contributed by atoms with van der Waals surface area (Å²) in [6, 6.07) is 9.80. The monoisotopic (exact) mass is 555 g/mol. The third-order valence-electron chi connectivity index (χ3n) is 6.97. The Bertz CT molecular complexity index is 1730. The van der Waals surface area contributed by atoms with Crippen molar-refractivity contribution in [3.05, 3.63) is 60.4 Å². The van der Waals surface area contributed by atoms with Gasteiger partial charge in [-0.05, 0) is 19.1 Å². The molecule has 1 aliphatic rings. The Morgan fingerprint density at radius 3 is 2.44 bits per heavy atom. The standard InChI is InChI=1S/C27H29N11O3/c1-17-30-16-37(32-17)24-22-21(20(41-4)15-29-24)19(14-28-22)23(39)25(40)35-10-12-36(13-11-35)26-31-27(34(2)3)38(33-26)18-8-6-5-7-9-18/h5-9,14-16,28H,10-13H2,1-4H3. The van der Waals surface area contributed by atoms with Gasteiger partial charge in [0.15, 0.2) is 5.82 Å². The summed E-state index contributed by atoms with van der Waals surface area (Å²) in [7, 11) is 5.33. The van der Waals surface area contributed by atoms with Crippen LogP contribution in [0.1, 0.15) is 16.2 Å². The lowest BCUT2D eigenvalue weighted by molar-refractivity contribution is -0.126. The normalized spacial score (nSPS) is 13.6. The van der Waals surface area contributed by atoms with E-state index in [4.69, 9.17) is 14.8 Å². The number of aromatic amines is 1. The van der Waals surface area contributed by atoms with E-state index in [1.807, 2.05) is 54.2 Å². The van der Waals surface area contributed by atoms with E-state index in [1.165, 1.54) is 30.5 Å². The lowest BCUT2D eigenvalue weighted by atomic mass is 10.1. The molecule has 1 N–H and O–H groups in total. The largest absolute Gasteiger partial charge is 0.494 e. The molecular weight excluding hydrogens is 526 g/mol. The lowest BCUT2D eigenvalue weighted by Gasteiger charge is -2.33. The number of ether oxygens (including phenoxy) is 1. The average Bonchev–Trinajstić information content (AvgIpc) is 3.75. The fourth-order valence-electron chi connectivity index (χ4n) is 4.89. The third-order valence-corrected chi connectivity index (χ3v) is 6.97. The zero-order valence-electron chi connectivity index (χ0n) is 23.1. The molecule has 210 valence electrons. The van der Waals surface area contributed by atoms with Crippen LogP contribution in [0.2, 0.25) is 0 Å². The lowest BCUT2D eigenvalue weighted by Crippen LogP contribution is -2.51. The van der Waals surface area contributed by atoms with Gasteiger partial charge >= 0.3 is 0 Å². The zero-order valence-corrected chi connectivity index (χ0v) is 23.1. The highest BCUT2D eigenvalue weighted by Crippen LogP contribution is 2.32. The molecule has 1 fully saturated rings. The third kappa shape index (κ3) is 4.62. The van der Waals surface area contributed by atoms with E-state index in [9.17, 15) is 9.59 Å². The first-order valence-electron chi connectivity index (χ1n) is 13.1. The van der Waals surface area contributed by atoms with Gasteiger partial charge in [0.1, 0.15) is 17.9 Å². The van der Waals surface area contributed by atoms with E-state index < -0.39 is 11.7 Å². The molecule has 4 aromatic heterocycles. The topological polar surface area (TPSA) is 143 Å².